The zero-order chi connectivity index (χ0) is 25.5. The number of aryl methyl sites for hydroxylation is 1. The van der Waals surface area contributed by atoms with Crippen molar-refractivity contribution in [1.82, 2.24) is 15.0 Å². The summed E-state index contributed by atoms with van der Waals surface area (Å²) >= 11 is 0. The third-order valence-electron chi connectivity index (χ3n) is 11.8. The van der Waals surface area contributed by atoms with Gasteiger partial charge in [-0.15, -0.1) is 5.10 Å². The van der Waals surface area contributed by atoms with Crippen molar-refractivity contribution in [2.45, 2.75) is 104 Å². The highest BCUT2D eigenvalue weighted by atomic mass is 19.1. The van der Waals surface area contributed by atoms with Gasteiger partial charge >= 0.3 is 0 Å². The molecule has 1 heterocycles. The van der Waals surface area contributed by atoms with Crippen LogP contribution in [0.4, 0.5) is 4.39 Å². The number of nitrogens with zero attached hydrogens (tertiary/aromatic N) is 3. The average Bonchev–Trinajstić information content (AvgIpc) is 3.41. The zero-order valence-electron chi connectivity index (χ0n) is 22.4. The first-order chi connectivity index (χ1) is 17.1. The van der Waals surface area contributed by atoms with Gasteiger partial charge in [-0.05, 0) is 124 Å². The first kappa shape index (κ1) is 24.5. The molecule has 6 heteroatoms. The largest absolute Gasteiger partial charge is 0.390 e. The molecule has 1 aromatic heterocycles. The van der Waals surface area contributed by atoms with E-state index in [1.807, 2.05) is 13.0 Å². The van der Waals surface area contributed by atoms with Crippen molar-refractivity contribution in [2.75, 3.05) is 0 Å². The summed E-state index contributed by atoms with van der Waals surface area (Å²) in [6.45, 7) is 8.72. The summed E-state index contributed by atoms with van der Waals surface area (Å²) in [6.07, 6.45) is 11.2. The number of benzene rings is 1. The van der Waals surface area contributed by atoms with E-state index >= 15 is 0 Å². The van der Waals surface area contributed by atoms with Crippen LogP contribution in [-0.2, 0) is 11.3 Å². The molecule has 0 saturated heterocycles. The number of aliphatic hydroxyl groups is 1. The fourth-order valence-corrected chi connectivity index (χ4v) is 9.95. The lowest BCUT2D eigenvalue weighted by atomic mass is 9.42. The van der Waals surface area contributed by atoms with Crippen molar-refractivity contribution < 1.29 is 14.3 Å². The molecular weight excluding hydrogens is 453 g/mol. The molecule has 0 unspecified atom stereocenters. The lowest BCUT2D eigenvalue weighted by Crippen LogP contribution is -2.56. The number of hydrogen-bond donors (Lipinski definition) is 1. The van der Waals surface area contributed by atoms with Gasteiger partial charge in [0.2, 0.25) is 0 Å². The topological polar surface area (TPSA) is 68.0 Å². The number of aromatic nitrogens is 3. The fraction of sp³-hybridized carbons (Fsp3) is 0.767. The van der Waals surface area contributed by atoms with Crippen molar-refractivity contribution in [3.63, 3.8) is 0 Å². The molecule has 8 atom stereocenters. The number of fused-ring (bicyclic) bond motifs is 6. The maximum atomic E-state index is 14.5. The minimum atomic E-state index is -0.503. The van der Waals surface area contributed by atoms with E-state index in [0.29, 0.717) is 34.2 Å². The second-order valence-electron chi connectivity index (χ2n) is 13.4. The Hall–Kier alpha value is -1.82. The molecule has 2 aromatic rings. The van der Waals surface area contributed by atoms with Crippen molar-refractivity contribution in [2.24, 2.45) is 40.4 Å². The Balaban J connectivity index is 1.23. The van der Waals surface area contributed by atoms with Gasteiger partial charge in [0, 0.05) is 5.92 Å². The summed E-state index contributed by atoms with van der Waals surface area (Å²) in [6, 6.07) is 3.57. The number of rotatable bonds is 4. The van der Waals surface area contributed by atoms with E-state index in [1.54, 1.807) is 17.7 Å². The van der Waals surface area contributed by atoms with Gasteiger partial charge in [-0.1, -0.05) is 25.1 Å². The van der Waals surface area contributed by atoms with E-state index in [-0.39, 0.29) is 35.0 Å². The van der Waals surface area contributed by atoms with Crippen LogP contribution >= 0.6 is 0 Å². The Labute approximate surface area is 214 Å². The van der Waals surface area contributed by atoms with Crippen molar-refractivity contribution in [1.29, 1.82) is 0 Å². The van der Waals surface area contributed by atoms with Gasteiger partial charge in [0.15, 0.2) is 11.6 Å². The summed E-state index contributed by atoms with van der Waals surface area (Å²) in [5.41, 5.74) is 1.31. The molecular formula is C30H42FN3O2. The monoisotopic (exact) mass is 495 g/mol. The summed E-state index contributed by atoms with van der Waals surface area (Å²) in [7, 11) is 0. The molecule has 6 rings (SSSR count). The second kappa shape index (κ2) is 8.34. The van der Waals surface area contributed by atoms with Gasteiger partial charge < -0.3 is 5.11 Å². The zero-order valence-corrected chi connectivity index (χ0v) is 22.4. The van der Waals surface area contributed by atoms with Crippen LogP contribution in [0.2, 0.25) is 0 Å². The van der Waals surface area contributed by atoms with Crippen LogP contribution in [0, 0.1) is 53.2 Å². The van der Waals surface area contributed by atoms with Gasteiger partial charge in [-0.3, -0.25) is 4.79 Å². The molecule has 4 saturated carbocycles. The minimum Gasteiger partial charge on any atom is -0.390 e. The molecule has 4 aliphatic rings. The SMILES string of the molecule is CC[C@]12CC[C@@](C)(O)C[C@H]1CC[C@H]1[C@H]3CC[C@H](C(=O)Cn4nnc5c(F)c(C)ccc54)[C@@]3(C)CC[C@@H]12. The molecule has 1 aromatic carbocycles. The predicted octanol–water partition coefficient (Wildman–Crippen LogP) is 6.25. The molecule has 0 aliphatic heterocycles. The molecule has 4 fully saturated rings. The van der Waals surface area contributed by atoms with E-state index in [9.17, 15) is 14.3 Å². The molecule has 0 radical (unpaired) electrons. The van der Waals surface area contributed by atoms with Crippen LogP contribution in [0.5, 0.6) is 0 Å². The van der Waals surface area contributed by atoms with Gasteiger partial charge in [-0.2, -0.15) is 0 Å². The van der Waals surface area contributed by atoms with Gasteiger partial charge in [-0.25, -0.2) is 9.07 Å². The number of ketones is 1. The molecule has 36 heavy (non-hydrogen) atoms. The van der Waals surface area contributed by atoms with Crippen LogP contribution in [0.25, 0.3) is 11.0 Å². The van der Waals surface area contributed by atoms with E-state index in [2.05, 4.69) is 24.2 Å². The van der Waals surface area contributed by atoms with Crippen LogP contribution in [-0.4, -0.2) is 31.5 Å². The molecule has 5 nitrogen and oxygen atoms in total. The van der Waals surface area contributed by atoms with Crippen LogP contribution in [0.15, 0.2) is 12.1 Å². The highest BCUT2D eigenvalue weighted by Gasteiger charge is 2.62. The smallest absolute Gasteiger partial charge is 0.157 e. The summed E-state index contributed by atoms with van der Waals surface area (Å²) in [5, 5.41) is 19.0. The fourth-order valence-electron chi connectivity index (χ4n) is 9.95. The third-order valence-corrected chi connectivity index (χ3v) is 11.8. The molecule has 0 spiro atoms. The van der Waals surface area contributed by atoms with Crippen molar-refractivity contribution in [3.05, 3.63) is 23.5 Å². The summed E-state index contributed by atoms with van der Waals surface area (Å²) in [5.74, 6) is 2.60. The summed E-state index contributed by atoms with van der Waals surface area (Å²) < 4.78 is 16.1. The maximum Gasteiger partial charge on any atom is 0.157 e. The van der Waals surface area contributed by atoms with Crippen molar-refractivity contribution >= 4 is 16.8 Å². The highest BCUT2D eigenvalue weighted by Crippen LogP contribution is 2.69. The number of Topliss-reactive ketones (excluding diaryl/α,β-unsaturated/α-hetero) is 1. The van der Waals surface area contributed by atoms with Gasteiger partial charge in [0.25, 0.3) is 0 Å². The lowest BCUT2D eigenvalue weighted by Gasteiger charge is -2.63. The van der Waals surface area contributed by atoms with Crippen molar-refractivity contribution in [3.8, 4) is 0 Å². The second-order valence-corrected chi connectivity index (χ2v) is 13.4. The van der Waals surface area contributed by atoms with Gasteiger partial charge in [0.1, 0.15) is 12.1 Å². The molecule has 0 bridgehead atoms. The Morgan fingerprint density at radius 1 is 1.11 bits per heavy atom. The lowest BCUT2D eigenvalue weighted by molar-refractivity contribution is -0.158. The Bertz CT molecular complexity index is 1190. The van der Waals surface area contributed by atoms with E-state index in [0.717, 1.165) is 44.4 Å². The minimum absolute atomic E-state index is 0.0401. The van der Waals surface area contributed by atoms with E-state index in [4.69, 9.17) is 0 Å². The molecule has 196 valence electrons. The Kier molecular flexibility index (Phi) is 5.68. The molecule has 4 aliphatic carbocycles. The van der Waals surface area contributed by atoms with Gasteiger partial charge in [0.05, 0.1) is 11.1 Å². The molecule has 1 N–H and O–H groups in total. The molecule has 0 amide bonds. The number of halogens is 1. The average molecular weight is 496 g/mol. The van der Waals surface area contributed by atoms with E-state index < -0.39 is 5.60 Å². The summed E-state index contributed by atoms with van der Waals surface area (Å²) in [4.78, 5) is 13.7. The number of carbonyl (C=O) groups is 1. The predicted molar refractivity (Wildman–Crippen MR) is 138 cm³/mol. The van der Waals surface area contributed by atoms with Crippen LogP contribution in [0.1, 0.15) is 90.5 Å². The first-order valence-corrected chi connectivity index (χ1v) is 14.3. The quantitative estimate of drug-likeness (QED) is 0.545. The Morgan fingerprint density at radius 3 is 2.69 bits per heavy atom. The Morgan fingerprint density at radius 2 is 1.92 bits per heavy atom. The number of carbonyl (C=O) groups excluding carboxylic acids is 1. The highest BCUT2D eigenvalue weighted by molar-refractivity contribution is 5.84. The standard InChI is InChI=1S/C30H42FN3O2/c1-5-30-15-14-28(3,36)16-19(30)7-8-20-21-9-10-23(29(21,4)13-12-22(20)30)25(35)17-34-24-11-6-18(2)26(31)27(24)32-33-34/h6,11,19-23,36H,5,7-10,12-17H2,1-4H3/t19-,20+,21-,22+,23-,28-,29+,30+/m1/s1. The first-order valence-electron chi connectivity index (χ1n) is 14.3. The van der Waals surface area contributed by atoms with E-state index in [1.165, 1.54) is 25.7 Å². The third kappa shape index (κ3) is 3.45. The van der Waals surface area contributed by atoms with Crippen LogP contribution < -0.4 is 0 Å². The van der Waals surface area contributed by atoms with Crippen LogP contribution in [0.3, 0.4) is 0 Å². The maximum absolute atomic E-state index is 14.5. The normalized spacial score (nSPS) is 42.1. The number of hydrogen-bond acceptors (Lipinski definition) is 4.